The van der Waals surface area contributed by atoms with Crippen molar-refractivity contribution in [3.8, 4) is 5.75 Å². The molecule has 0 aliphatic rings. The van der Waals surface area contributed by atoms with Crippen molar-refractivity contribution in [2.45, 2.75) is 6.10 Å². The molecule has 8 heteroatoms. The number of ether oxygens (including phenoxy) is 2. The van der Waals surface area contributed by atoms with Gasteiger partial charge in [-0.1, -0.05) is 12.1 Å². The molecule has 2 N–H and O–H groups in total. The average molecular weight is 324 g/mol. The molecule has 0 heterocycles. The molecule has 0 spiro atoms. The van der Waals surface area contributed by atoms with Gasteiger partial charge in [-0.05, 0) is 12.1 Å². The van der Waals surface area contributed by atoms with Crippen LogP contribution in [-0.4, -0.2) is 68.3 Å². The first-order valence-electron chi connectivity index (χ1n) is 6.82. The van der Waals surface area contributed by atoms with E-state index in [-0.39, 0.29) is 30.4 Å². The van der Waals surface area contributed by atoms with Crippen molar-refractivity contribution in [1.82, 2.24) is 10.2 Å². The highest BCUT2D eigenvalue weighted by Crippen LogP contribution is 2.17. The highest BCUT2D eigenvalue weighted by molar-refractivity contribution is 5.97. The van der Waals surface area contributed by atoms with Crippen LogP contribution in [0.1, 0.15) is 10.4 Å². The lowest BCUT2D eigenvalue weighted by Gasteiger charge is -2.15. The third kappa shape index (κ3) is 5.59. The van der Waals surface area contributed by atoms with Crippen LogP contribution < -0.4 is 10.1 Å². The number of carboxylic acids is 1. The molecule has 23 heavy (non-hydrogen) atoms. The van der Waals surface area contributed by atoms with E-state index >= 15 is 0 Å². The standard InChI is InChI=1S/C15H20N2O6/c1-17(2)13(18)9-23-11-7-5-4-6-10(11)14(19)16-8-12(22-3)15(20)21/h4-7,12H,8-9H2,1-3H3,(H,16,19)(H,20,21). The van der Waals surface area contributed by atoms with Gasteiger partial charge in [-0.3, -0.25) is 9.59 Å². The second kappa shape index (κ2) is 8.74. The predicted octanol–water partition coefficient (Wildman–Crippen LogP) is -0.0170. The first kappa shape index (κ1) is 18.4. The molecule has 0 radical (unpaired) electrons. The predicted molar refractivity (Wildman–Crippen MR) is 81.4 cm³/mol. The van der Waals surface area contributed by atoms with Gasteiger partial charge >= 0.3 is 5.97 Å². The Morgan fingerprint density at radius 1 is 1.26 bits per heavy atom. The second-order valence-corrected chi connectivity index (χ2v) is 4.85. The zero-order chi connectivity index (χ0) is 17.4. The van der Waals surface area contributed by atoms with Gasteiger partial charge in [0.2, 0.25) is 0 Å². The minimum absolute atomic E-state index is 0.185. The molecule has 1 unspecified atom stereocenters. The summed E-state index contributed by atoms with van der Waals surface area (Å²) in [5.41, 5.74) is 0.208. The number of nitrogens with one attached hydrogen (secondary N) is 1. The summed E-state index contributed by atoms with van der Waals surface area (Å²) in [6, 6.07) is 6.39. The molecule has 0 saturated heterocycles. The summed E-state index contributed by atoms with van der Waals surface area (Å²) in [6.45, 7) is -0.386. The average Bonchev–Trinajstić information content (AvgIpc) is 2.52. The van der Waals surface area contributed by atoms with E-state index in [0.29, 0.717) is 0 Å². The Balaban J connectivity index is 2.73. The van der Waals surface area contributed by atoms with Crippen molar-refractivity contribution in [1.29, 1.82) is 0 Å². The van der Waals surface area contributed by atoms with Crippen LogP contribution in [0, 0.1) is 0 Å². The fourth-order valence-corrected chi connectivity index (χ4v) is 1.60. The van der Waals surface area contributed by atoms with Crippen molar-refractivity contribution in [3.05, 3.63) is 29.8 Å². The summed E-state index contributed by atoms with van der Waals surface area (Å²) >= 11 is 0. The van der Waals surface area contributed by atoms with Gasteiger partial charge in [0, 0.05) is 21.2 Å². The number of hydrogen-bond acceptors (Lipinski definition) is 5. The quantitative estimate of drug-likeness (QED) is 0.696. The van der Waals surface area contributed by atoms with E-state index in [1.54, 1.807) is 32.3 Å². The van der Waals surface area contributed by atoms with E-state index in [1.807, 2.05) is 0 Å². The highest BCUT2D eigenvalue weighted by Gasteiger charge is 2.19. The minimum atomic E-state index is -1.17. The Hall–Kier alpha value is -2.61. The van der Waals surface area contributed by atoms with Crippen molar-refractivity contribution < 1.29 is 29.0 Å². The minimum Gasteiger partial charge on any atom is -0.483 e. The molecule has 126 valence electrons. The number of rotatable bonds is 8. The van der Waals surface area contributed by atoms with Gasteiger partial charge in [0.1, 0.15) is 5.75 Å². The van der Waals surface area contributed by atoms with Crippen LogP contribution in [0.4, 0.5) is 0 Å². The fraction of sp³-hybridized carbons (Fsp3) is 0.400. The maximum absolute atomic E-state index is 12.2. The molecular weight excluding hydrogens is 304 g/mol. The number of aliphatic carboxylic acids is 1. The monoisotopic (exact) mass is 324 g/mol. The number of carboxylic acid groups (broad SMARTS) is 1. The molecule has 2 amide bonds. The Bertz CT molecular complexity index is 573. The van der Waals surface area contributed by atoms with E-state index in [2.05, 4.69) is 5.32 Å². The Kier molecular flexibility index (Phi) is 7.01. The molecular formula is C15H20N2O6. The lowest BCUT2D eigenvalue weighted by Crippen LogP contribution is -2.38. The van der Waals surface area contributed by atoms with Crippen LogP contribution in [0.2, 0.25) is 0 Å². The largest absolute Gasteiger partial charge is 0.483 e. The molecule has 0 bridgehead atoms. The smallest absolute Gasteiger partial charge is 0.334 e. The van der Waals surface area contributed by atoms with Crippen molar-refractivity contribution in [3.63, 3.8) is 0 Å². The third-order valence-electron chi connectivity index (χ3n) is 2.99. The zero-order valence-corrected chi connectivity index (χ0v) is 13.2. The first-order chi connectivity index (χ1) is 10.9. The lowest BCUT2D eigenvalue weighted by molar-refractivity contribution is -0.148. The Morgan fingerprint density at radius 2 is 1.91 bits per heavy atom. The van der Waals surface area contributed by atoms with Crippen molar-refractivity contribution in [2.75, 3.05) is 34.4 Å². The number of methoxy groups -OCH3 is 1. The summed E-state index contributed by atoms with van der Waals surface area (Å²) in [5.74, 6) is -1.69. The van der Waals surface area contributed by atoms with E-state index in [1.165, 1.54) is 18.1 Å². The first-order valence-corrected chi connectivity index (χ1v) is 6.82. The van der Waals surface area contributed by atoms with Crippen LogP contribution in [0.5, 0.6) is 5.75 Å². The van der Waals surface area contributed by atoms with Gasteiger partial charge in [0.15, 0.2) is 12.7 Å². The van der Waals surface area contributed by atoms with E-state index < -0.39 is 18.0 Å². The number of likely N-dealkylation sites (N-methyl/N-ethyl adjacent to an activating group) is 1. The topological polar surface area (TPSA) is 105 Å². The normalized spacial score (nSPS) is 11.4. The maximum atomic E-state index is 12.2. The summed E-state index contributed by atoms with van der Waals surface area (Å²) in [4.78, 5) is 35.9. The van der Waals surface area contributed by atoms with Crippen LogP contribution in [-0.2, 0) is 14.3 Å². The van der Waals surface area contributed by atoms with Crippen molar-refractivity contribution in [2.24, 2.45) is 0 Å². The SMILES string of the molecule is COC(CNC(=O)c1ccccc1OCC(=O)N(C)C)C(=O)O. The van der Waals surface area contributed by atoms with E-state index in [9.17, 15) is 14.4 Å². The molecule has 0 saturated carbocycles. The summed E-state index contributed by atoms with van der Waals surface area (Å²) in [6.07, 6.45) is -1.14. The summed E-state index contributed by atoms with van der Waals surface area (Å²) in [7, 11) is 4.44. The van der Waals surface area contributed by atoms with E-state index in [0.717, 1.165) is 0 Å². The van der Waals surface area contributed by atoms with Gasteiger partial charge in [-0.25, -0.2) is 4.79 Å². The molecule has 1 aromatic carbocycles. The number of benzene rings is 1. The van der Waals surface area contributed by atoms with E-state index in [4.69, 9.17) is 14.6 Å². The number of hydrogen-bond donors (Lipinski definition) is 2. The number of para-hydroxylation sites is 1. The van der Waals surface area contributed by atoms with Gasteiger partial charge < -0.3 is 24.8 Å². The number of carbonyl (C=O) groups is 3. The second-order valence-electron chi connectivity index (χ2n) is 4.85. The fourth-order valence-electron chi connectivity index (χ4n) is 1.60. The van der Waals surface area contributed by atoms with Crippen LogP contribution in [0.25, 0.3) is 0 Å². The van der Waals surface area contributed by atoms with Gasteiger partial charge in [-0.15, -0.1) is 0 Å². The van der Waals surface area contributed by atoms with Crippen LogP contribution in [0.3, 0.4) is 0 Å². The Morgan fingerprint density at radius 3 is 2.48 bits per heavy atom. The molecule has 1 rings (SSSR count). The maximum Gasteiger partial charge on any atom is 0.334 e. The third-order valence-corrected chi connectivity index (χ3v) is 2.99. The number of nitrogens with zero attached hydrogens (tertiary/aromatic N) is 1. The molecule has 0 fully saturated rings. The molecule has 0 aliphatic carbocycles. The lowest BCUT2D eigenvalue weighted by atomic mass is 10.2. The summed E-state index contributed by atoms with van der Waals surface area (Å²) < 4.78 is 10.1. The molecule has 0 aromatic heterocycles. The molecule has 1 atom stereocenters. The number of amides is 2. The zero-order valence-electron chi connectivity index (χ0n) is 13.2. The summed E-state index contributed by atoms with van der Waals surface area (Å²) in [5, 5.41) is 11.3. The van der Waals surface area contributed by atoms with Gasteiger partial charge in [0.25, 0.3) is 11.8 Å². The van der Waals surface area contributed by atoms with Crippen LogP contribution >= 0.6 is 0 Å². The number of carbonyl (C=O) groups excluding carboxylic acids is 2. The molecule has 1 aromatic rings. The molecule has 0 aliphatic heterocycles. The van der Waals surface area contributed by atoms with Crippen molar-refractivity contribution >= 4 is 17.8 Å². The Labute approximate surface area is 134 Å². The van der Waals surface area contributed by atoms with Gasteiger partial charge in [0.05, 0.1) is 12.1 Å². The highest BCUT2D eigenvalue weighted by atomic mass is 16.5. The van der Waals surface area contributed by atoms with Gasteiger partial charge in [-0.2, -0.15) is 0 Å². The molecule has 8 nitrogen and oxygen atoms in total. The van der Waals surface area contributed by atoms with Crippen LogP contribution in [0.15, 0.2) is 24.3 Å².